The van der Waals surface area contributed by atoms with Crippen molar-refractivity contribution in [2.24, 2.45) is 0 Å². The molecular formula is C11H15NO4S3. The first-order valence-electron chi connectivity index (χ1n) is 5.70. The zero-order valence-corrected chi connectivity index (χ0v) is 12.9. The third-order valence-corrected chi connectivity index (χ3v) is 6.79. The molecule has 1 aromatic carbocycles. The Morgan fingerprint density at radius 3 is 2.21 bits per heavy atom. The standard InChI is InChI=1S/C11H15NO4S3/c1-18(13,14)10-3-2-4-11(9-10)19(15,16)12-5-7-17-8-6-12/h2-4,9H,5-8H2,1H3. The highest BCUT2D eigenvalue weighted by atomic mass is 32.2. The van der Waals surface area contributed by atoms with E-state index in [1.54, 1.807) is 11.8 Å². The van der Waals surface area contributed by atoms with E-state index in [1.165, 1.54) is 28.6 Å². The van der Waals surface area contributed by atoms with E-state index < -0.39 is 19.9 Å². The molecular weight excluding hydrogens is 306 g/mol. The minimum atomic E-state index is -3.59. The Morgan fingerprint density at radius 2 is 1.63 bits per heavy atom. The van der Waals surface area contributed by atoms with Gasteiger partial charge in [0.1, 0.15) is 0 Å². The molecule has 0 radical (unpaired) electrons. The monoisotopic (exact) mass is 321 g/mol. The molecule has 0 aromatic heterocycles. The van der Waals surface area contributed by atoms with Crippen LogP contribution >= 0.6 is 11.8 Å². The van der Waals surface area contributed by atoms with Crippen LogP contribution in [0.5, 0.6) is 0 Å². The molecule has 0 N–H and O–H groups in total. The van der Waals surface area contributed by atoms with Gasteiger partial charge in [-0.05, 0) is 18.2 Å². The molecule has 5 nitrogen and oxygen atoms in total. The smallest absolute Gasteiger partial charge is 0.224 e. The number of nitrogens with zero attached hydrogens (tertiary/aromatic N) is 1. The van der Waals surface area contributed by atoms with Gasteiger partial charge in [-0.3, -0.25) is 0 Å². The molecule has 8 heteroatoms. The molecule has 1 aromatic rings. The third-order valence-electron chi connectivity index (χ3n) is 2.84. The molecule has 0 aliphatic carbocycles. The van der Waals surface area contributed by atoms with Gasteiger partial charge in [0.05, 0.1) is 9.79 Å². The van der Waals surface area contributed by atoms with Gasteiger partial charge in [-0.15, -0.1) is 0 Å². The predicted octanol–water partition coefficient (Wildman–Crippen LogP) is 0.828. The van der Waals surface area contributed by atoms with E-state index in [1.807, 2.05) is 0 Å². The van der Waals surface area contributed by atoms with Crippen LogP contribution in [-0.2, 0) is 19.9 Å². The summed E-state index contributed by atoms with van der Waals surface area (Å²) in [5.41, 5.74) is 0. The summed E-state index contributed by atoms with van der Waals surface area (Å²) in [5.74, 6) is 1.54. The normalized spacial score (nSPS) is 18.4. The Bertz CT molecular complexity index is 661. The minimum Gasteiger partial charge on any atom is -0.224 e. The maximum Gasteiger partial charge on any atom is 0.243 e. The largest absolute Gasteiger partial charge is 0.243 e. The molecule has 1 aliphatic rings. The van der Waals surface area contributed by atoms with Gasteiger partial charge >= 0.3 is 0 Å². The zero-order chi connectivity index (χ0) is 14.1. The fourth-order valence-corrected chi connectivity index (χ4v) is 5.16. The van der Waals surface area contributed by atoms with Crippen molar-refractivity contribution >= 4 is 31.6 Å². The van der Waals surface area contributed by atoms with Crippen LogP contribution in [0.4, 0.5) is 0 Å². The lowest BCUT2D eigenvalue weighted by atomic mass is 10.4. The number of hydrogen-bond donors (Lipinski definition) is 0. The predicted molar refractivity (Wildman–Crippen MR) is 75.6 cm³/mol. The van der Waals surface area contributed by atoms with E-state index in [-0.39, 0.29) is 9.79 Å². The summed E-state index contributed by atoms with van der Waals surface area (Å²) in [6.07, 6.45) is 1.07. The number of thioether (sulfide) groups is 1. The lowest BCUT2D eigenvalue weighted by Crippen LogP contribution is -2.37. The lowest BCUT2D eigenvalue weighted by Gasteiger charge is -2.25. The van der Waals surface area contributed by atoms with Crippen molar-refractivity contribution in [2.75, 3.05) is 30.9 Å². The molecule has 2 rings (SSSR count). The van der Waals surface area contributed by atoms with Crippen LogP contribution in [0.3, 0.4) is 0 Å². The van der Waals surface area contributed by atoms with Crippen molar-refractivity contribution in [1.82, 2.24) is 4.31 Å². The van der Waals surface area contributed by atoms with Crippen LogP contribution in [0.1, 0.15) is 0 Å². The van der Waals surface area contributed by atoms with Crippen LogP contribution in [0.25, 0.3) is 0 Å². The van der Waals surface area contributed by atoms with Gasteiger partial charge in [0, 0.05) is 30.9 Å². The van der Waals surface area contributed by atoms with Crippen LogP contribution in [0.2, 0.25) is 0 Å². The van der Waals surface area contributed by atoms with Gasteiger partial charge in [0.15, 0.2) is 9.84 Å². The summed E-state index contributed by atoms with van der Waals surface area (Å²) in [5, 5.41) is 0. The average Bonchev–Trinajstić information content (AvgIpc) is 2.39. The average molecular weight is 321 g/mol. The quantitative estimate of drug-likeness (QED) is 0.824. The Labute approximate surface area is 118 Å². The van der Waals surface area contributed by atoms with Gasteiger partial charge in [-0.25, -0.2) is 16.8 Å². The summed E-state index contributed by atoms with van der Waals surface area (Å²) in [4.78, 5) is 0.0716. The molecule has 1 heterocycles. The molecule has 0 amide bonds. The van der Waals surface area contributed by atoms with Crippen LogP contribution in [0.15, 0.2) is 34.1 Å². The molecule has 1 fully saturated rings. The minimum absolute atomic E-state index is 0.0277. The van der Waals surface area contributed by atoms with Crippen molar-refractivity contribution in [3.8, 4) is 0 Å². The Kier molecular flexibility index (Phi) is 4.24. The number of sulfone groups is 1. The van der Waals surface area contributed by atoms with Gasteiger partial charge in [0.2, 0.25) is 10.0 Å². The topological polar surface area (TPSA) is 71.5 Å². The Morgan fingerprint density at radius 1 is 1.05 bits per heavy atom. The third kappa shape index (κ3) is 3.31. The number of benzene rings is 1. The van der Waals surface area contributed by atoms with E-state index >= 15 is 0 Å². The summed E-state index contributed by atoms with van der Waals surface area (Å²) >= 11 is 1.72. The van der Waals surface area contributed by atoms with Crippen LogP contribution in [-0.4, -0.2) is 52.0 Å². The van der Waals surface area contributed by atoms with Crippen molar-refractivity contribution < 1.29 is 16.8 Å². The second-order valence-corrected chi connectivity index (χ2v) is 9.44. The van der Waals surface area contributed by atoms with Crippen molar-refractivity contribution in [3.05, 3.63) is 24.3 Å². The van der Waals surface area contributed by atoms with Crippen molar-refractivity contribution in [3.63, 3.8) is 0 Å². The summed E-state index contributed by atoms with van der Waals surface area (Å²) < 4.78 is 49.1. The molecule has 0 unspecified atom stereocenters. The molecule has 0 bridgehead atoms. The number of sulfonamides is 1. The van der Waals surface area contributed by atoms with E-state index in [0.29, 0.717) is 13.1 Å². The first kappa shape index (κ1) is 14.8. The van der Waals surface area contributed by atoms with Crippen LogP contribution in [0, 0.1) is 0 Å². The van der Waals surface area contributed by atoms with E-state index in [4.69, 9.17) is 0 Å². The highest BCUT2D eigenvalue weighted by Crippen LogP contribution is 2.22. The molecule has 1 saturated heterocycles. The maximum atomic E-state index is 12.4. The van der Waals surface area contributed by atoms with Gasteiger partial charge in [-0.2, -0.15) is 16.1 Å². The summed E-state index contributed by atoms with van der Waals surface area (Å²) in [6.45, 7) is 0.937. The SMILES string of the molecule is CS(=O)(=O)c1cccc(S(=O)(=O)N2CCSCC2)c1. The molecule has 1 aliphatic heterocycles. The van der Waals surface area contributed by atoms with Gasteiger partial charge < -0.3 is 0 Å². The van der Waals surface area contributed by atoms with Crippen LogP contribution < -0.4 is 0 Å². The van der Waals surface area contributed by atoms with Gasteiger partial charge in [-0.1, -0.05) is 6.07 Å². The zero-order valence-electron chi connectivity index (χ0n) is 10.4. The van der Waals surface area contributed by atoms with Gasteiger partial charge in [0.25, 0.3) is 0 Å². The highest BCUT2D eigenvalue weighted by molar-refractivity contribution is 7.99. The highest BCUT2D eigenvalue weighted by Gasteiger charge is 2.26. The first-order valence-corrected chi connectivity index (χ1v) is 10.2. The van der Waals surface area contributed by atoms with E-state index in [2.05, 4.69) is 0 Å². The molecule has 0 saturated carbocycles. The molecule has 106 valence electrons. The second kappa shape index (κ2) is 5.43. The van der Waals surface area contributed by atoms with Crippen molar-refractivity contribution in [2.45, 2.75) is 9.79 Å². The second-order valence-electron chi connectivity index (χ2n) is 4.26. The molecule has 0 atom stereocenters. The number of rotatable bonds is 3. The molecule has 19 heavy (non-hydrogen) atoms. The Hall–Kier alpha value is -0.570. The summed E-state index contributed by atoms with van der Waals surface area (Å²) in [7, 11) is -6.99. The summed E-state index contributed by atoms with van der Waals surface area (Å²) in [6, 6.07) is 5.53. The first-order chi connectivity index (χ1) is 8.82. The Balaban J connectivity index is 2.41. The fraction of sp³-hybridized carbons (Fsp3) is 0.455. The van der Waals surface area contributed by atoms with E-state index in [0.717, 1.165) is 17.8 Å². The maximum absolute atomic E-state index is 12.4. The lowest BCUT2D eigenvalue weighted by molar-refractivity contribution is 0.443. The number of hydrogen-bond acceptors (Lipinski definition) is 5. The van der Waals surface area contributed by atoms with Crippen molar-refractivity contribution in [1.29, 1.82) is 0 Å². The molecule has 0 spiro atoms. The van der Waals surface area contributed by atoms with E-state index in [9.17, 15) is 16.8 Å². The fourth-order valence-electron chi connectivity index (χ4n) is 1.80.